The van der Waals surface area contributed by atoms with E-state index in [0.29, 0.717) is 11.7 Å². The highest BCUT2D eigenvalue weighted by atomic mass is 16.4. The van der Waals surface area contributed by atoms with Crippen LogP contribution >= 0.6 is 0 Å². The molecule has 116 valence electrons. The van der Waals surface area contributed by atoms with Gasteiger partial charge in [-0.3, -0.25) is 10.1 Å². The lowest BCUT2D eigenvalue weighted by molar-refractivity contribution is -0.141. The Labute approximate surface area is 123 Å². The quantitative estimate of drug-likeness (QED) is 0.840. The molecule has 0 radical (unpaired) electrons. The van der Waals surface area contributed by atoms with Gasteiger partial charge >= 0.3 is 12.0 Å². The molecular weight excluding hydrogens is 272 g/mol. The van der Waals surface area contributed by atoms with Crippen molar-refractivity contribution in [3.63, 3.8) is 0 Å². The number of carboxylic acid groups (broad SMARTS) is 1. The van der Waals surface area contributed by atoms with Crippen molar-refractivity contribution >= 4 is 17.8 Å². The number of urea groups is 1. The molecule has 2 atom stereocenters. The Hall–Kier alpha value is -2.05. The SMILES string of the molecule is CC(CN(C)C(=O)Nc1ccnn1C(C)C1CC1)C(=O)O. The van der Waals surface area contributed by atoms with Crippen molar-refractivity contribution < 1.29 is 14.7 Å². The summed E-state index contributed by atoms with van der Waals surface area (Å²) in [5, 5.41) is 15.9. The number of nitrogens with one attached hydrogen (secondary N) is 1. The molecule has 1 aliphatic rings. The van der Waals surface area contributed by atoms with E-state index in [9.17, 15) is 9.59 Å². The number of hydrogen-bond donors (Lipinski definition) is 2. The summed E-state index contributed by atoms with van der Waals surface area (Å²) >= 11 is 0. The average Bonchev–Trinajstić information content (AvgIpc) is 3.18. The summed E-state index contributed by atoms with van der Waals surface area (Å²) in [4.78, 5) is 24.3. The Morgan fingerprint density at radius 1 is 1.52 bits per heavy atom. The number of aliphatic carboxylic acids is 1. The van der Waals surface area contributed by atoms with Gasteiger partial charge < -0.3 is 10.0 Å². The first-order valence-corrected chi connectivity index (χ1v) is 7.18. The molecule has 2 amide bonds. The maximum absolute atomic E-state index is 12.1. The third-order valence-electron chi connectivity index (χ3n) is 3.91. The monoisotopic (exact) mass is 294 g/mol. The van der Waals surface area contributed by atoms with Crippen molar-refractivity contribution in [1.29, 1.82) is 0 Å². The van der Waals surface area contributed by atoms with Gasteiger partial charge in [0.25, 0.3) is 0 Å². The van der Waals surface area contributed by atoms with Crippen molar-refractivity contribution in [1.82, 2.24) is 14.7 Å². The van der Waals surface area contributed by atoms with Crippen LogP contribution in [0.1, 0.15) is 32.7 Å². The van der Waals surface area contributed by atoms with E-state index in [0.717, 1.165) is 0 Å². The molecule has 0 aromatic carbocycles. The van der Waals surface area contributed by atoms with Gasteiger partial charge in [0, 0.05) is 19.7 Å². The number of carboxylic acids is 1. The van der Waals surface area contributed by atoms with Crippen molar-refractivity contribution in [3.05, 3.63) is 12.3 Å². The molecule has 1 heterocycles. The lowest BCUT2D eigenvalue weighted by Crippen LogP contribution is -2.37. The first-order chi connectivity index (χ1) is 9.90. The predicted octanol–water partition coefficient (Wildman–Crippen LogP) is 2.04. The van der Waals surface area contributed by atoms with Crippen LogP contribution in [-0.2, 0) is 4.79 Å². The van der Waals surface area contributed by atoms with Gasteiger partial charge in [-0.05, 0) is 25.7 Å². The summed E-state index contributed by atoms with van der Waals surface area (Å²) in [5.74, 6) is -0.238. The molecule has 2 N–H and O–H groups in total. The molecule has 1 aromatic heterocycles. The highest BCUT2D eigenvalue weighted by Crippen LogP contribution is 2.40. The van der Waals surface area contributed by atoms with Crippen molar-refractivity contribution in [3.8, 4) is 0 Å². The number of carbonyl (C=O) groups is 2. The van der Waals surface area contributed by atoms with Gasteiger partial charge in [0.2, 0.25) is 0 Å². The first kappa shape index (κ1) is 15.3. The average molecular weight is 294 g/mol. The number of hydrogen-bond acceptors (Lipinski definition) is 3. The van der Waals surface area contributed by atoms with Crippen LogP contribution in [0.4, 0.5) is 10.6 Å². The van der Waals surface area contributed by atoms with Gasteiger partial charge in [0.05, 0.1) is 18.2 Å². The van der Waals surface area contributed by atoms with Crippen LogP contribution in [0.25, 0.3) is 0 Å². The smallest absolute Gasteiger partial charge is 0.322 e. The van der Waals surface area contributed by atoms with Crippen molar-refractivity contribution in [2.75, 3.05) is 18.9 Å². The molecule has 0 spiro atoms. The molecule has 2 rings (SSSR count). The van der Waals surface area contributed by atoms with Crippen LogP contribution in [0.3, 0.4) is 0 Å². The summed E-state index contributed by atoms with van der Waals surface area (Å²) in [6, 6.07) is 1.69. The lowest BCUT2D eigenvalue weighted by Gasteiger charge is -2.21. The number of aromatic nitrogens is 2. The van der Waals surface area contributed by atoms with Gasteiger partial charge in [0.15, 0.2) is 0 Å². The van der Waals surface area contributed by atoms with E-state index in [1.807, 2.05) is 4.68 Å². The van der Waals surface area contributed by atoms with Crippen LogP contribution in [0, 0.1) is 11.8 Å². The Kier molecular flexibility index (Phi) is 4.50. The lowest BCUT2D eigenvalue weighted by atomic mass is 10.2. The molecule has 0 bridgehead atoms. The summed E-state index contributed by atoms with van der Waals surface area (Å²) in [7, 11) is 1.58. The Bertz CT molecular complexity index is 524. The van der Waals surface area contributed by atoms with Gasteiger partial charge in [-0.15, -0.1) is 0 Å². The number of amides is 2. The second-order valence-corrected chi connectivity index (χ2v) is 5.79. The Morgan fingerprint density at radius 2 is 2.19 bits per heavy atom. The van der Waals surface area contributed by atoms with Crippen LogP contribution in [0.2, 0.25) is 0 Å². The van der Waals surface area contributed by atoms with E-state index in [-0.39, 0.29) is 18.6 Å². The number of anilines is 1. The van der Waals surface area contributed by atoms with Gasteiger partial charge in [-0.25, -0.2) is 9.48 Å². The minimum absolute atomic E-state index is 0.160. The third-order valence-corrected chi connectivity index (χ3v) is 3.91. The largest absolute Gasteiger partial charge is 0.481 e. The molecule has 7 heteroatoms. The molecule has 2 unspecified atom stereocenters. The van der Waals surface area contributed by atoms with E-state index in [2.05, 4.69) is 17.3 Å². The normalized spacial score (nSPS) is 17.1. The molecule has 1 saturated carbocycles. The van der Waals surface area contributed by atoms with Crippen molar-refractivity contribution in [2.45, 2.75) is 32.7 Å². The van der Waals surface area contributed by atoms with E-state index in [4.69, 9.17) is 5.11 Å². The van der Waals surface area contributed by atoms with E-state index in [1.165, 1.54) is 17.7 Å². The molecule has 1 aromatic rings. The zero-order valence-corrected chi connectivity index (χ0v) is 12.6. The molecule has 1 fully saturated rings. The first-order valence-electron chi connectivity index (χ1n) is 7.18. The zero-order valence-electron chi connectivity index (χ0n) is 12.6. The number of carbonyl (C=O) groups excluding carboxylic acids is 1. The zero-order chi connectivity index (χ0) is 15.6. The summed E-state index contributed by atoms with van der Waals surface area (Å²) in [5.41, 5.74) is 0. The fraction of sp³-hybridized carbons (Fsp3) is 0.643. The Morgan fingerprint density at radius 3 is 2.76 bits per heavy atom. The number of rotatable bonds is 6. The molecule has 0 aliphatic heterocycles. The van der Waals surface area contributed by atoms with Crippen molar-refractivity contribution in [2.24, 2.45) is 11.8 Å². The highest BCUT2D eigenvalue weighted by Gasteiger charge is 2.31. The fourth-order valence-electron chi connectivity index (χ4n) is 2.29. The standard InChI is InChI=1S/C14H22N4O3/c1-9(13(19)20)8-17(3)14(21)16-12-6-7-15-18(12)10(2)11-4-5-11/h6-7,9-11H,4-5,8H2,1-3H3,(H,16,21)(H,19,20). The van der Waals surface area contributed by atoms with Gasteiger partial charge in [0.1, 0.15) is 5.82 Å². The predicted molar refractivity (Wildman–Crippen MR) is 78.1 cm³/mol. The summed E-state index contributed by atoms with van der Waals surface area (Å²) < 4.78 is 1.82. The van der Waals surface area contributed by atoms with E-state index >= 15 is 0 Å². The topological polar surface area (TPSA) is 87.5 Å². The van der Waals surface area contributed by atoms with Crippen LogP contribution < -0.4 is 5.32 Å². The Balaban J connectivity index is 1.96. The molecule has 0 saturated heterocycles. The second kappa shape index (κ2) is 6.15. The van der Waals surface area contributed by atoms with Crippen LogP contribution in [0.15, 0.2) is 12.3 Å². The molecular formula is C14H22N4O3. The van der Waals surface area contributed by atoms with Gasteiger partial charge in [-0.1, -0.05) is 6.92 Å². The van der Waals surface area contributed by atoms with Crippen LogP contribution in [0.5, 0.6) is 0 Å². The maximum atomic E-state index is 12.1. The minimum Gasteiger partial charge on any atom is -0.481 e. The van der Waals surface area contributed by atoms with Gasteiger partial charge in [-0.2, -0.15) is 5.10 Å². The maximum Gasteiger partial charge on any atom is 0.322 e. The molecule has 1 aliphatic carbocycles. The second-order valence-electron chi connectivity index (χ2n) is 5.79. The van der Waals surface area contributed by atoms with E-state index < -0.39 is 11.9 Å². The van der Waals surface area contributed by atoms with E-state index in [1.54, 1.807) is 26.2 Å². The number of nitrogens with zero attached hydrogens (tertiary/aromatic N) is 3. The van der Waals surface area contributed by atoms with Crippen LogP contribution in [-0.4, -0.2) is 45.4 Å². The minimum atomic E-state index is -0.915. The summed E-state index contributed by atoms with van der Waals surface area (Å²) in [6.07, 6.45) is 4.06. The third kappa shape index (κ3) is 3.74. The highest BCUT2D eigenvalue weighted by molar-refractivity contribution is 5.88. The molecule has 7 nitrogen and oxygen atoms in total. The fourth-order valence-corrected chi connectivity index (χ4v) is 2.29. The molecule has 21 heavy (non-hydrogen) atoms. The summed E-state index contributed by atoms with van der Waals surface area (Å²) in [6.45, 7) is 3.83.